The summed E-state index contributed by atoms with van der Waals surface area (Å²) in [6.45, 7) is 3.44. The number of anilines is 1. The lowest BCUT2D eigenvalue weighted by Crippen LogP contribution is -2.22. The van der Waals surface area contributed by atoms with Crippen molar-refractivity contribution >= 4 is 34.0 Å². The molecule has 4 nitrogen and oxygen atoms in total. The van der Waals surface area contributed by atoms with Crippen molar-refractivity contribution in [2.75, 3.05) is 18.0 Å². The zero-order valence-electron chi connectivity index (χ0n) is 14.7. The molecule has 4 rings (SSSR count). The molecule has 1 unspecified atom stereocenters. The van der Waals surface area contributed by atoms with Gasteiger partial charge in [0.1, 0.15) is 11.5 Å². The zero-order chi connectivity index (χ0) is 18.1. The highest BCUT2D eigenvalue weighted by molar-refractivity contribution is 6.30. The van der Waals surface area contributed by atoms with E-state index < -0.39 is 0 Å². The number of Topliss-reactive ketones (excluding diaryl/α,β-unsaturated/α-hetero) is 1. The maximum Gasteiger partial charge on any atom is 0.159 e. The summed E-state index contributed by atoms with van der Waals surface area (Å²) < 4.78 is 0. The van der Waals surface area contributed by atoms with Crippen molar-refractivity contribution in [3.8, 4) is 11.3 Å². The molecule has 1 saturated heterocycles. The number of carbonyl (C=O) groups excluding carboxylic acids is 1. The Morgan fingerprint density at radius 3 is 2.58 bits per heavy atom. The lowest BCUT2D eigenvalue weighted by Gasteiger charge is -2.19. The number of aromatic nitrogens is 2. The van der Waals surface area contributed by atoms with Crippen LogP contribution in [0.3, 0.4) is 0 Å². The summed E-state index contributed by atoms with van der Waals surface area (Å²) in [6, 6.07) is 15.9. The molecule has 3 aromatic rings. The molecule has 0 saturated carbocycles. The van der Waals surface area contributed by atoms with Crippen molar-refractivity contribution in [3.05, 3.63) is 53.6 Å². The first kappa shape index (κ1) is 17.0. The molecule has 0 N–H and O–H groups in total. The standard InChI is InChI=1S/C21H20ClN3O/c1-14(26)12-15-10-11-25(13-15)21-19-5-3-2-4-18(19)20(23-24-21)16-6-8-17(22)9-7-16/h2-9,15H,10-13H2,1H3. The molecule has 5 heteroatoms. The second-order valence-electron chi connectivity index (χ2n) is 6.93. The normalized spacial score (nSPS) is 17.0. The van der Waals surface area contributed by atoms with E-state index in [9.17, 15) is 4.79 Å². The summed E-state index contributed by atoms with van der Waals surface area (Å²) in [5.74, 6) is 1.57. The summed E-state index contributed by atoms with van der Waals surface area (Å²) in [7, 11) is 0. The lowest BCUT2D eigenvalue weighted by molar-refractivity contribution is -0.117. The van der Waals surface area contributed by atoms with Crippen LogP contribution in [0.1, 0.15) is 19.8 Å². The minimum absolute atomic E-state index is 0.255. The van der Waals surface area contributed by atoms with Crippen molar-refractivity contribution in [1.82, 2.24) is 10.2 Å². The van der Waals surface area contributed by atoms with E-state index in [4.69, 9.17) is 11.6 Å². The second kappa shape index (κ2) is 7.04. The molecule has 132 valence electrons. The number of fused-ring (bicyclic) bond motifs is 1. The second-order valence-corrected chi connectivity index (χ2v) is 7.37. The van der Waals surface area contributed by atoms with Crippen molar-refractivity contribution in [2.24, 2.45) is 5.92 Å². The largest absolute Gasteiger partial charge is 0.354 e. The molecule has 1 fully saturated rings. The molecule has 1 aliphatic rings. The minimum atomic E-state index is 0.255. The van der Waals surface area contributed by atoms with Crippen LogP contribution in [-0.4, -0.2) is 29.1 Å². The molecule has 26 heavy (non-hydrogen) atoms. The SMILES string of the molecule is CC(=O)CC1CCN(c2nnc(-c3ccc(Cl)cc3)c3ccccc23)C1. The Morgan fingerprint density at radius 2 is 1.85 bits per heavy atom. The average Bonchev–Trinajstić information content (AvgIpc) is 3.09. The van der Waals surface area contributed by atoms with E-state index in [2.05, 4.69) is 27.2 Å². The number of nitrogens with zero attached hydrogens (tertiary/aromatic N) is 3. The highest BCUT2D eigenvalue weighted by Gasteiger charge is 2.26. The molecule has 2 aromatic carbocycles. The van der Waals surface area contributed by atoms with Crippen LogP contribution in [0.15, 0.2) is 48.5 Å². The zero-order valence-corrected chi connectivity index (χ0v) is 15.4. The van der Waals surface area contributed by atoms with E-state index in [-0.39, 0.29) is 5.78 Å². The van der Waals surface area contributed by atoms with Crippen LogP contribution >= 0.6 is 11.6 Å². The van der Waals surface area contributed by atoms with Gasteiger partial charge in [-0.05, 0) is 31.4 Å². The highest BCUT2D eigenvalue weighted by Crippen LogP contribution is 2.34. The van der Waals surface area contributed by atoms with Crippen LogP contribution in [0.2, 0.25) is 5.02 Å². The molecule has 2 heterocycles. The van der Waals surface area contributed by atoms with Gasteiger partial charge in [0.2, 0.25) is 0 Å². The van der Waals surface area contributed by atoms with Crippen molar-refractivity contribution < 1.29 is 4.79 Å². The number of carbonyl (C=O) groups is 1. The average molecular weight is 366 g/mol. The number of hydrogen-bond acceptors (Lipinski definition) is 4. The van der Waals surface area contributed by atoms with E-state index in [1.165, 1.54) is 0 Å². The predicted octanol–water partition coefficient (Wildman–Crippen LogP) is 4.76. The molecule has 1 atom stereocenters. The van der Waals surface area contributed by atoms with Gasteiger partial charge in [-0.2, -0.15) is 0 Å². The highest BCUT2D eigenvalue weighted by atomic mass is 35.5. The molecule has 1 aromatic heterocycles. The maximum atomic E-state index is 11.4. The summed E-state index contributed by atoms with van der Waals surface area (Å²) in [4.78, 5) is 13.7. The van der Waals surface area contributed by atoms with Gasteiger partial charge in [-0.15, -0.1) is 10.2 Å². The number of hydrogen-bond donors (Lipinski definition) is 0. The fourth-order valence-corrected chi connectivity index (χ4v) is 3.87. The van der Waals surface area contributed by atoms with Gasteiger partial charge in [0.15, 0.2) is 5.82 Å². The topological polar surface area (TPSA) is 46.1 Å². The molecule has 1 aliphatic heterocycles. The number of ketones is 1. The molecular formula is C21H20ClN3O. The monoisotopic (exact) mass is 365 g/mol. The first-order chi connectivity index (χ1) is 12.6. The number of halogens is 1. The Balaban J connectivity index is 1.73. The van der Waals surface area contributed by atoms with Crippen LogP contribution in [0.4, 0.5) is 5.82 Å². The van der Waals surface area contributed by atoms with Crippen LogP contribution < -0.4 is 4.90 Å². The van der Waals surface area contributed by atoms with Gasteiger partial charge < -0.3 is 9.69 Å². The third-order valence-corrected chi connectivity index (χ3v) is 5.20. The van der Waals surface area contributed by atoms with Crippen molar-refractivity contribution in [2.45, 2.75) is 19.8 Å². The van der Waals surface area contributed by atoms with Gasteiger partial charge in [-0.1, -0.05) is 48.0 Å². The van der Waals surface area contributed by atoms with Crippen LogP contribution in [0.25, 0.3) is 22.0 Å². The maximum absolute atomic E-state index is 11.4. The molecule has 0 bridgehead atoms. The quantitative estimate of drug-likeness (QED) is 0.669. The fourth-order valence-electron chi connectivity index (χ4n) is 3.74. The first-order valence-electron chi connectivity index (χ1n) is 8.87. The van der Waals surface area contributed by atoms with Gasteiger partial charge in [-0.3, -0.25) is 0 Å². The summed E-state index contributed by atoms with van der Waals surface area (Å²) in [6.07, 6.45) is 1.67. The third kappa shape index (κ3) is 3.29. The molecular weight excluding hydrogens is 346 g/mol. The minimum Gasteiger partial charge on any atom is -0.354 e. The molecule has 0 radical (unpaired) electrons. The van der Waals surface area contributed by atoms with Gasteiger partial charge in [0, 0.05) is 40.9 Å². The van der Waals surface area contributed by atoms with Gasteiger partial charge in [0.05, 0.1) is 0 Å². The first-order valence-corrected chi connectivity index (χ1v) is 9.25. The molecule has 0 spiro atoms. The van der Waals surface area contributed by atoms with Gasteiger partial charge in [-0.25, -0.2) is 0 Å². The fraction of sp³-hybridized carbons (Fsp3) is 0.286. The lowest BCUT2D eigenvalue weighted by atomic mass is 10.0. The Morgan fingerprint density at radius 1 is 1.12 bits per heavy atom. The Hall–Kier alpha value is -2.46. The Bertz CT molecular complexity index is 955. The van der Waals surface area contributed by atoms with E-state index in [1.807, 2.05) is 36.4 Å². The van der Waals surface area contributed by atoms with Crippen molar-refractivity contribution in [3.63, 3.8) is 0 Å². The van der Waals surface area contributed by atoms with Crippen molar-refractivity contribution in [1.29, 1.82) is 0 Å². The predicted molar refractivity (Wildman–Crippen MR) is 106 cm³/mol. The summed E-state index contributed by atoms with van der Waals surface area (Å²) in [5, 5.41) is 12.0. The van der Waals surface area contributed by atoms with Crippen LogP contribution in [-0.2, 0) is 4.79 Å². The van der Waals surface area contributed by atoms with E-state index in [0.717, 1.165) is 47.4 Å². The number of rotatable bonds is 4. The Labute approximate surface area is 157 Å². The number of benzene rings is 2. The van der Waals surface area contributed by atoms with Crippen LogP contribution in [0, 0.1) is 5.92 Å². The van der Waals surface area contributed by atoms with E-state index in [0.29, 0.717) is 17.4 Å². The summed E-state index contributed by atoms with van der Waals surface area (Å²) in [5.41, 5.74) is 1.86. The third-order valence-electron chi connectivity index (χ3n) is 4.95. The summed E-state index contributed by atoms with van der Waals surface area (Å²) >= 11 is 6.01. The van der Waals surface area contributed by atoms with E-state index in [1.54, 1.807) is 6.92 Å². The van der Waals surface area contributed by atoms with Gasteiger partial charge in [0.25, 0.3) is 0 Å². The molecule has 0 amide bonds. The van der Waals surface area contributed by atoms with Gasteiger partial charge >= 0.3 is 0 Å². The smallest absolute Gasteiger partial charge is 0.159 e. The van der Waals surface area contributed by atoms with Crippen LogP contribution in [0.5, 0.6) is 0 Å². The Kier molecular flexibility index (Phi) is 4.60. The van der Waals surface area contributed by atoms with E-state index >= 15 is 0 Å². The molecule has 0 aliphatic carbocycles.